The second-order valence-electron chi connectivity index (χ2n) is 9.68. The van der Waals surface area contributed by atoms with Crippen LogP contribution in [-0.2, 0) is 19.1 Å². The van der Waals surface area contributed by atoms with Crippen molar-refractivity contribution in [3.63, 3.8) is 0 Å². The Kier molecular flexibility index (Phi) is 10.5. The fraction of sp³-hybridized carbons (Fsp3) is 0.900. The summed E-state index contributed by atoms with van der Waals surface area (Å²) in [4.78, 5) is 24.1. The van der Waals surface area contributed by atoms with E-state index in [0.717, 1.165) is 0 Å². The first-order chi connectivity index (χ1) is 18.6. The molecule has 0 saturated carbocycles. The fourth-order valence-electron chi connectivity index (χ4n) is 5.16. The van der Waals surface area contributed by atoms with E-state index in [0.29, 0.717) is 0 Å². The number of aliphatic hydroxyl groups excluding tert-OH is 6. The molecule has 0 aromatic carbocycles. The Bertz CT molecular complexity index is 801. The summed E-state index contributed by atoms with van der Waals surface area (Å²) in [5, 5.41) is 70.0. The molecule has 12 N–H and O–H groups in total. The molecule has 0 aromatic heterocycles. The molecule has 2 amide bonds. The zero-order valence-corrected chi connectivity index (χ0v) is 23.1. The maximum absolute atomic E-state index is 12.0. The van der Waals surface area contributed by atoms with E-state index < -0.39 is 99.0 Å². The number of aliphatic hydroxyl groups is 6. The Morgan fingerprint density at radius 3 is 1.49 bits per heavy atom. The van der Waals surface area contributed by atoms with E-state index in [1.807, 2.05) is 0 Å². The van der Waals surface area contributed by atoms with Gasteiger partial charge in [0.15, 0.2) is 0 Å². The molecule has 4 aliphatic heterocycles. The van der Waals surface area contributed by atoms with Gasteiger partial charge in [0.25, 0.3) is 0 Å². The van der Waals surface area contributed by atoms with Gasteiger partial charge in [0.05, 0.1) is 0 Å². The van der Waals surface area contributed by atoms with Crippen molar-refractivity contribution in [1.29, 1.82) is 0 Å². The number of carbonyl (C=O) groups is 2. The normalized spacial score (nSPS) is 43.9. The molecule has 0 spiro atoms. The Balaban J connectivity index is 1.50. The second-order valence-corrected chi connectivity index (χ2v) is 12.2. The van der Waals surface area contributed by atoms with Crippen LogP contribution < -0.4 is 32.6 Å². The van der Waals surface area contributed by atoms with E-state index in [1.54, 1.807) is 0 Å². The first-order valence-corrected chi connectivity index (χ1v) is 14.5. The van der Waals surface area contributed by atoms with Crippen LogP contribution in [-0.4, -0.2) is 179 Å². The monoisotopic (exact) mass is 630 g/mol. The molecule has 4 rings (SSSR count). The quantitative estimate of drug-likeness (QED) is 0.111. The van der Waals surface area contributed by atoms with Crippen molar-refractivity contribution in [2.24, 2.45) is 0 Å². The number of amides is 2. The van der Waals surface area contributed by atoms with Gasteiger partial charge < -0.3 is 0 Å². The molecule has 224 valence electrons. The Labute approximate surface area is 230 Å². The molecule has 19 heteroatoms. The number of hydrazine groups is 4. The van der Waals surface area contributed by atoms with E-state index in [1.165, 1.54) is 24.1 Å². The van der Waals surface area contributed by atoms with Crippen LogP contribution in [0.1, 0.15) is 0 Å². The van der Waals surface area contributed by atoms with Crippen LogP contribution in [0.5, 0.6) is 0 Å². The maximum atomic E-state index is 12.0. The topological polar surface area (TPSA) is 253 Å². The van der Waals surface area contributed by atoms with Crippen LogP contribution in [0.4, 0.5) is 0 Å². The molecule has 0 radical (unpaired) electrons. The molecule has 4 aliphatic rings. The van der Waals surface area contributed by atoms with E-state index in [2.05, 4.69) is 32.6 Å². The average molecular weight is 630 g/mol. The van der Waals surface area contributed by atoms with E-state index in [4.69, 9.17) is 9.47 Å². The zero-order chi connectivity index (χ0) is 28.4. The summed E-state index contributed by atoms with van der Waals surface area (Å²) in [5.41, 5.74) is 11.1. The molecule has 0 aromatic rings. The van der Waals surface area contributed by atoms with Gasteiger partial charge in [-0.15, -0.1) is 0 Å². The van der Waals surface area contributed by atoms with Crippen LogP contribution in [0.15, 0.2) is 0 Å². The number of carbonyl (C=O) groups excluding carboxylic acids is 2. The standard InChI is InChI=1S/C20H38N8O10Se/c1-21-17(35)7-3-27(25-23-7)11-13(31)9(5-29)37-19(15(11)33)39-20-16(34)12(14(32)10(6-30)38-20)28-4-8(24-26-28)18(36)22-2/h7-16,19-20,23-26,29-34H,3-6H2,1-2H3,(H,21,35)(H,22,36)/t7?,8?,9-,10-,11+,12+,13+,14+,15-,16-,19+,20+/m1/s1. The Morgan fingerprint density at radius 1 is 0.769 bits per heavy atom. The van der Waals surface area contributed by atoms with Gasteiger partial charge in [-0.05, 0) is 0 Å². The third-order valence-corrected chi connectivity index (χ3v) is 10.1. The van der Waals surface area contributed by atoms with Crippen LogP contribution in [0.2, 0.25) is 0 Å². The summed E-state index contributed by atoms with van der Waals surface area (Å²) in [5.74, 6) is -0.606. The third-order valence-electron chi connectivity index (χ3n) is 7.33. The summed E-state index contributed by atoms with van der Waals surface area (Å²) < 4.78 is 11.7. The van der Waals surface area contributed by atoms with E-state index >= 15 is 0 Å². The number of hydrogen-bond donors (Lipinski definition) is 12. The number of nitrogens with zero attached hydrogens (tertiary/aromatic N) is 2. The van der Waals surface area contributed by atoms with Gasteiger partial charge in [-0.2, -0.15) is 0 Å². The van der Waals surface area contributed by atoms with Crippen molar-refractivity contribution in [3.05, 3.63) is 0 Å². The first kappa shape index (κ1) is 30.8. The zero-order valence-electron chi connectivity index (χ0n) is 21.4. The number of likely N-dealkylation sites (N-methyl/N-ethyl adjacent to an activating group) is 2. The van der Waals surface area contributed by atoms with E-state index in [-0.39, 0.29) is 24.9 Å². The van der Waals surface area contributed by atoms with Crippen LogP contribution in [0, 0.1) is 0 Å². The summed E-state index contributed by atoms with van der Waals surface area (Å²) in [6.07, 6.45) is -7.49. The molecule has 4 fully saturated rings. The molecule has 12 atom stereocenters. The summed E-state index contributed by atoms with van der Waals surface area (Å²) in [6, 6.07) is -3.33. The summed E-state index contributed by atoms with van der Waals surface area (Å²) in [7, 11) is 2.97. The van der Waals surface area contributed by atoms with Crippen molar-refractivity contribution in [3.8, 4) is 0 Å². The molecule has 39 heavy (non-hydrogen) atoms. The van der Waals surface area contributed by atoms with Crippen molar-refractivity contribution in [2.75, 3.05) is 40.4 Å². The molecule has 4 heterocycles. The molecule has 0 bridgehead atoms. The van der Waals surface area contributed by atoms with Crippen LogP contribution in [0.3, 0.4) is 0 Å². The molecular formula is C20H38N8O10Se. The average Bonchev–Trinajstić information content (AvgIpc) is 3.61. The summed E-state index contributed by atoms with van der Waals surface area (Å²) >= 11 is -0.878. The second kappa shape index (κ2) is 13.3. The predicted molar refractivity (Wildman–Crippen MR) is 131 cm³/mol. The number of hydrogen-bond acceptors (Lipinski definition) is 16. The molecule has 4 saturated heterocycles. The van der Waals surface area contributed by atoms with Crippen molar-refractivity contribution in [1.82, 2.24) is 42.6 Å². The van der Waals surface area contributed by atoms with Gasteiger partial charge in [0.2, 0.25) is 0 Å². The third kappa shape index (κ3) is 6.24. The van der Waals surface area contributed by atoms with Gasteiger partial charge in [-0.3, -0.25) is 0 Å². The van der Waals surface area contributed by atoms with Crippen molar-refractivity contribution >= 4 is 26.8 Å². The van der Waals surface area contributed by atoms with Crippen molar-refractivity contribution < 1.29 is 49.7 Å². The van der Waals surface area contributed by atoms with Crippen LogP contribution >= 0.6 is 0 Å². The number of rotatable bonds is 8. The van der Waals surface area contributed by atoms with Crippen molar-refractivity contribution in [2.45, 2.75) is 70.8 Å². The van der Waals surface area contributed by atoms with Gasteiger partial charge in [0.1, 0.15) is 0 Å². The predicted octanol–water partition coefficient (Wildman–Crippen LogP) is -8.82. The van der Waals surface area contributed by atoms with Gasteiger partial charge in [-0.25, -0.2) is 0 Å². The molecule has 2 unspecified atom stereocenters. The van der Waals surface area contributed by atoms with Gasteiger partial charge in [0, 0.05) is 0 Å². The minimum absolute atomic E-state index is 0.0971. The van der Waals surface area contributed by atoms with Gasteiger partial charge >= 0.3 is 230 Å². The molecule has 18 nitrogen and oxygen atoms in total. The fourth-order valence-corrected chi connectivity index (χ4v) is 7.94. The SMILES string of the molecule is CNC(=O)C1CN([C@H]2[C@@H](O)[C@@H](CO)O[C@@H]([Se][C@@H]3O[C@H](CO)[C@H](O)[C@H](N4CC(C(=O)NC)NN4)[C@H]3O)[C@@H]2O)NN1. The summed E-state index contributed by atoms with van der Waals surface area (Å²) in [6.45, 7) is -0.925. The number of ether oxygens (including phenoxy) is 2. The van der Waals surface area contributed by atoms with Crippen LogP contribution in [0.25, 0.3) is 0 Å². The number of nitrogens with one attached hydrogen (secondary N) is 6. The minimum atomic E-state index is -1.33. The van der Waals surface area contributed by atoms with E-state index in [9.17, 15) is 40.2 Å². The molecular weight excluding hydrogens is 591 g/mol. The first-order valence-electron chi connectivity index (χ1n) is 12.5. The van der Waals surface area contributed by atoms with Gasteiger partial charge in [-0.1, -0.05) is 0 Å². The Hall–Kier alpha value is -1.10. The molecule has 0 aliphatic carbocycles. The Morgan fingerprint density at radius 2 is 1.15 bits per heavy atom.